The molecule has 3 nitrogen and oxygen atoms in total. The van der Waals surface area contributed by atoms with Gasteiger partial charge in [0.15, 0.2) is 0 Å². The SMILES string of the molecule is NCCCC(CC(F)(F)c1ccccc1)C(=O)O. The zero-order chi connectivity index (χ0) is 13.6. The summed E-state index contributed by atoms with van der Waals surface area (Å²) in [7, 11) is 0. The fourth-order valence-electron chi connectivity index (χ4n) is 1.79. The molecule has 100 valence electrons. The molecule has 1 unspecified atom stereocenters. The normalized spacial score (nSPS) is 13.3. The van der Waals surface area contributed by atoms with Crippen LogP contribution >= 0.6 is 0 Å². The number of carbonyl (C=O) groups is 1. The smallest absolute Gasteiger partial charge is 0.306 e. The first-order valence-corrected chi connectivity index (χ1v) is 5.83. The Morgan fingerprint density at radius 2 is 1.94 bits per heavy atom. The van der Waals surface area contributed by atoms with Gasteiger partial charge in [-0.1, -0.05) is 30.3 Å². The molecule has 18 heavy (non-hydrogen) atoms. The zero-order valence-electron chi connectivity index (χ0n) is 9.98. The molecular weight excluding hydrogens is 240 g/mol. The predicted molar refractivity (Wildman–Crippen MR) is 64.4 cm³/mol. The van der Waals surface area contributed by atoms with Crippen molar-refractivity contribution in [2.24, 2.45) is 11.7 Å². The second kappa shape index (κ2) is 6.44. The second-order valence-electron chi connectivity index (χ2n) is 4.24. The lowest BCUT2D eigenvalue weighted by molar-refractivity contribution is -0.146. The molecule has 0 heterocycles. The van der Waals surface area contributed by atoms with Crippen molar-refractivity contribution in [3.05, 3.63) is 35.9 Å². The first-order chi connectivity index (χ1) is 8.47. The zero-order valence-corrected chi connectivity index (χ0v) is 9.98. The summed E-state index contributed by atoms with van der Waals surface area (Å²) in [5, 5.41) is 8.94. The van der Waals surface area contributed by atoms with Crippen LogP contribution in [0.2, 0.25) is 0 Å². The maximum absolute atomic E-state index is 13.9. The molecule has 1 rings (SSSR count). The first kappa shape index (κ1) is 14.6. The van der Waals surface area contributed by atoms with Crippen molar-refractivity contribution in [1.82, 2.24) is 0 Å². The lowest BCUT2D eigenvalue weighted by atomic mass is 9.92. The molecule has 0 radical (unpaired) electrons. The summed E-state index contributed by atoms with van der Waals surface area (Å²) < 4.78 is 27.8. The molecule has 0 bridgehead atoms. The summed E-state index contributed by atoms with van der Waals surface area (Å²) in [4.78, 5) is 10.9. The molecule has 1 aromatic carbocycles. The van der Waals surface area contributed by atoms with Gasteiger partial charge in [0.2, 0.25) is 0 Å². The third-order valence-electron chi connectivity index (χ3n) is 2.80. The molecule has 0 aromatic heterocycles. The molecule has 5 heteroatoms. The lowest BCUT2D eigenvalue weighted by Crippen LogP contribution is -2.24. The van der Waals surface area contributed by atoms with Crippen LogP contribution in [0, 0.1) is 5.92 Å². The molecule has 0 saturated carbocycles. The van der Waals surface area contributed by atoms with E-state index in [-0.39, 0.29) is 12.0 Å². The van der Waals surface area contributed by atoms with E-state index >= 15 is 0 Å². The minimum Gasteiger partial charge on any atom is -0.481 e. The summed E-state index contributed by atoms with van der Waals surface area (Å²) in [6, 6.07) is 7.28. The summed E-state index contributed by atoms with van der Waals surface area (Å²) in [6.45, 7) is 0.306. The van der Waals surface area contributed by atoms with Gasteiger partial charge in [-0.25, -0.2) is 8.78 Å². The van der Waals surface area contributed by atoms with Gasteiger partial charge in [0, 0.05) is 12.0 Å². The fourth-order valence-corrected chi connectivity index (χ4v) is 1.79. The van der Waals surface area contributed by atoms with E-state index in [4.69, 9.17) is 10.8 Å². The van der Waals surface area contributed by atoms with E-state index in [2.05, 4.69) is 0 Å². The Morgan fingerprint density at radius 3 is 2.44 bits per heavy atom. The van der Waals surface area contributed by atoms with E-state index in [0.717, 1.165) is 0 Å². The third kappa shape index (κ3) is 4.07. The minimum atomic E-state index is -3.13. The molecular formula is C13H17F2NO2. The summed E-state index contributed by atoms with van der Waals surface area (Å²) in [5.74, 6) is -5.39. The van der Waals surface area contributed by atoms with E-state index < -0.39 is 24.2 Å². The topological polar surface area (TPSA) is 63.3 Å². The Labute approximate surface area is 105 Å². The number of nitrogens with two attached hydrogens (primary N) is 1. The van der Waals surface area contributed by atoms with Crippen LogP contribution in [0.25, 0.3) is 0 Å². The van der Waals surface area contributed by atoms with Crippen LogP contribution in [0.5, 0.6) is 0 Å². The highest BCUT2D eigenvalue weighted by molar-refractivity contribution is 5.70. The van der Waals surface area contributed by atoms with E-state index in [1.807, 2.05) is 0 Å². The van der Waals surface area contributed by atoms with Gasteiger partial charge in [-0.3, -0.25) is 4.79 Å². The van der Waals surface area contributed by atoms with Gasteiger partial charge in [-0.15, -0.1) is 0 Å². The predicted octanol–water partition coefficient (Wildman–Crippen LogP) is 2.61. The van der Waals surface area contributed by atoms with Gasteiger partial charge in [0.25, 0.3) is 5.92 Å². The van der Waals surface area contributed by atoms with Gasteiger partial charge in [-0.2, -0.15) is 0 Å². The quantitative estimate of drug-likeness (QED) is 0.789. The molecule has 1 aromatic rings. The largest absolute Gasteiger partial charge is 0.481 e. The number of halogens is 2. The van der Waals surface area contributed by atoms with Crippen molar-refractivity contribution in [2.75, 3.05) is 6.54 Å². The second-order valence-corrected chi connectivity index (χ2v) is 4.24. The minimum absolute atomic E-state index is 0.149. The average molecular weight is 257 g/mol. The fraction of sp³-hybridized carbons (Fsp3) is 0.462. The van der Waals surface area contributed by atoms with Gasteiger partial charge in [0.05, 0.1) is 5.92 Å². The first-order valence-electron chi connectivity index (χ1n) is 5.83. The van der Waals surface area contributed by atoms with Gasteiger partial charge < -0.3 is 10.8 Å². The highest BCUT2D eigenvalue weighted by Crippen LogP contribution is 2.35. The van der Waals surface area contributed by atoms with Crippen molar-refractivity contribution in [1.29, 1.82) is 0 Å². The Morgan fingerprint density at radius 1 is 1.33 bits per heavy atom. The molecule has 3 N–H and O–H groups in total. The highest BCUT2D eigenvalue weighted by atomic mass is 19.3. The number of carboxylic acids is 1. The number of benzene rings is 1. The maximum atomic E-state index is 13.9. The Hall–Kier alpha value is -1.49. The maximum Gasteiger partial charge on any atom is 0.306 e. The van der Waals surface area contributed by atoms with Crippen LogP contribution in [-0.4, -0.2) is 17.6 Å². The number of carboxylic acid groups (broad SMARTS) is 1. The van der Waals surface area contributed by atoms with Crippen molar-refractivity contribution in [3.8, 4) is 0 Å². The molecule has 0 spiro atoms. The van der Waals surface area contributed by atoms with E-state index in [9.17, 15) is 13.6 Å². The van der Waals surface area contributed by atoms with Gasteiger partial charge in [0.1, 0.15) is 0 Å². The van der Waals surface area contributed by atoms with E-state index in [1.165, 1.54) is 24.3 Å². The Balaban J connectivity index is 2.76. The Kier molecular flexibility index (Phi) is 5.22. The van der Waals surface area contributed by atoms with E-state index in [1.54, 1.807) is 6.07 Å². The van der Waals surface area contributed by atoms with Crippen molar-refractivity contribution < 1.29 is 18.7 Å². The molecule has 0 fully saturated rings. The summed E-state index contributed by atoms with van der Waals surface area (Å²) in [5.41, 5.74) is 5.12. The molecule has 0 aliphatic rings. The third-order valence-corrected chi connectivity index (χ3v) is 2.80. The van der Waals surface area contributed by atoms with Crippen LogP contribution in [0.1, 0.15) is 24.8 Å². The number of alkyl halides is 2. The standard InChI is InChI=1S/C13H17F2NO2/c14-13(15,11-6-2-1-3-7-11)9-10(12(17)18)5-4-8-16/h1-3,6-7,10H,4-5,8-9,16H2,(H,17,18). The van der Waals surface area contributed by atoms with Crippen LogP contribution in [-0.2, 0) is 10.7 Å². The van der Waals surface area contributed by atoms with Crippen molar-refractivity contribution >= 4 is 5.97 Å². The molecule has 0 amide bonds. The van der Waals surface area contributed by atoms with Crippen molar-refractivity contribution in [3.63, 3.8) is 0 Å². The average Bonchev–Trinajstić information content (AvgIpc) is 2.35. The number of aliphatic carboxylic acids is 1. The Bertz CT molecular complexity index is 382. The van der Waals surface area contributed by atoms with Crippen LogP contribution in [0.3, 0.4) is 0 Å². The molecule has 1 atom stereocenters. The number of hydrogen-bond acceptors (Lipinski definition) is 2. The lowest BCUT2D eigenvalue weighted by Gasteiger charge is -2.21. The molecule has 0 aliphatic heterocycles. The van der Waals surface area contributed by atoms with Crippen LogP contribution in [0.15, 0.2) is 30.3 Å². The monoisotopic (exact) mass is 257 g/mol. The van der Waals surface area contributed by atoms with Gasteiger partial charge in [-0.05, 0) is 19.4 Å². The molecule has 0 saturated heterocycles. The van der Waals surface area contributed by atoms with E-state index in [0.29, 0.717) is 13.0 Å². The van der Waals surface area contributed by atoms with Gasteiger partial charge >= 0.3 is 5.97 Å². The van der Waals surface area contributed by atoms with Crippen LogP contribution < -0.4 is 5.73 Å². The number of hydrogen-bond donors (Lipinski definition) is 2. The summed E-state index contributed by atoms with van der Waals surface area (Å²) >= 11 is 0. The highest BCUT2D eigenvalue weighted by Gasteiger charge is 2.36. The van der Waals surface area contributed by atoms with Crippen molar-refractivity contribution in [2.45, 2.75) is 25.2 Å². The van der Waals surface area contributed by atoms with Crippen LogP contribution in [0.4, 0.5) is 8.78 Å². The molecule has 0 aliphatic carbocycles. The summed E-state index contributed by atoms with van der Waals surface area (Å²) in [6.07, 6.45) is -0.0809. The number of rotatable bonds is 7.